The van der Waals surface area contributed by atoms with Crippen LogP contribution in [0, 0.1) is 0 Å². The molecule has 16 heavy (non-hydrogen) atoms. The first kappa shape index (κ1) is 10.9. The zero-order valence-electron chi connectivity index (χ0n) is 9.91. The third-order valence-corrected chi connectivity index (χ3v) is 3.21. The summed E-state index contributed by atoms with van der Waals surface area (Å²) in [5.74, 6) is -0.778. The fourth-order valence-electron chi connectivity index (χ4n) is 2.29. The van der Waals surface area contributed by atoms with Crippen molar-refractivity contribution < 1.29 is 9.59 Å². The van der Waals surface area contributed by atoms with E-state index in [1.807, 2.05) is 19.0 Å². The van der Waals surface area contributed by atoms with Crippen molar-refractivity contribution in [1.29, 1.82) is 0 Å². The molecule has 0 aromatic carbocycles. The SMILES string of the molecule is CC1=C2C(=CC(=O)C1=O)N(C)CCCN2C. The molecule has 0 bridgehead atoms. The molecule has 2 aliphatic rings. The van der Waals surface area contributed by atoms with Crippen LogP contribution in [0.4, 0.5) is 0 Å². The van der Waals surface area contributed by atoms with Gasteiger partial charge in [-0.05, 0) is 13.3 Å². The zero-order valence-corrected chi connectivity index (χ0v) is 9.91. The van der Waals surface area contributed by atoms with Crippen LogP contribution < -0.4 is 0 Å². The van der Waals surface area contributed by atoms with Crippen LogP contribution in [-0.4, -0.2) is 48.6 Å². The van der Waals surface area contributed by atoms with E-state index in [1.165, 1.54) is 6.08 Å². The van der Waals surface area contributed by atoms with Gasteiger partial charge in [0.25, 0.3) is 0 Å². The van der Waals surface area contributed by atoms with Crippen molar-refractivity contribution >= 4 is 11.6 Å². The summed E-state index contributed by atoms with van der Waals surface area (Å²) in [5, 5.41) is 0. The van der Waals surface area contributed by atoms with E-state index in [9.17, 15) is 9.59 Å². The number of fused-ring (bicyclic) bond motifs is 1. The second kappa shape index (κ2) is 3.77. The van der Waals surface area contributed by atoms with Crippen LogP contribution >= 0.6 is 0 Å². The topological polar surface area (TPSA) is 40.6 Å². The summed E-state index contributed by atoms with van der Waals surface area (Å²) < 4.78 is 0. The fraction of sp³-hybridized carbons (Fsp3) is 0.500. The van der Waals surface area contributed by atoms with E-state index >= 15 is 0 Å². The van der Waals surface area contributed by atoms with Gasteiger partial charge >= 0.3 is 0 Å². The van der Waals surface area contributed by atoms with Crippen molar-refractivity contribution in [1.82, 2.24) is 9.80 Å². The van der Waals surface area contributed by atoms with Crippen molar-refractivity contribution in [3.63, 3.8) is 0 Å². The van der Waals surface area contributed by atoms with E-state index in [4.69, 9.17) is 0 Å². The maximum atomic E-state index is 11.6. The molecule has 0 N–H and O–H groups in total. The second-order valence-electron chi connectivity index (χ2n) is 4.39. The van der Waals surface area contributed by atoms with Crippen LogP contribution in [0.1, 0.15) is 13.3 Å². The summed E-state index contributed by atoms with van der Waals surface area (Å²) in [6.45, 7) is 3.56. The van der Waals surface area contributed by atoms with Crippen molar-refractivity contribution in [3.05, 3.63) is 23.0 Å². The molecule has 0 radical (unpaired) electrons. The van der Waals surface area contributed by atoms with Crippen LogP contribution in [0.2, 0.25) is 0 Å². The van der Waals surface area contributed by atoms with Crippen LogP contribution in [-0.2, 0) is 9.59 Å². The average Bonchev–Trinajstić information content (AvgIpc) is 2.36. The number of hydrogen-bond donors (Lipinski definition) is 0. The monoisotopic (exact) mass is 220 g/mol. The highest BCUT2D eigenvalue weighted by Gasteiger charge is 2.30. The Hall–Kier alpha value is -1.58. The quantitative estimate of drug-likeness (QED) is 0.442. The largest absolute Gasteiger partial charge is 0.373 e. The van der Waals surface area contributed by atoms with Crippen molar-refractivity contribution in [2.45, 2.75) is 13.3 Å². The highest BCUT2D eigenvalue weighted by molar-refractivity contribution is 6.48. The van der Waals surface area contributed by atoms with E-state index in [1.54, 1.807) is 6.92 Å². The maximum absolute atomic E-state index is 11.6. The average molecular weight is 220 g/mol. The van der Waals surface area contributed by atoms with Crippen molar-refractivity contribution in [3.8, 4) is 0 Å². The number of ketones is 2. The molecule has 0 aromatic heterocycles. The number of hydrogen-bond acceptors (Lipinski definition) is 4. The number of likely N-dealkylation sites (N-methyl/N-ethyl adjacent to an activating group) is 2. The summed E-state index contributed by atoms with van der Waals surface area (Å²) >= 11 is 0. The van der Waals surface area contributed by atoms with Gasteiger partial charge in [0.15, 0.2) is 0 Å². The van der Waals surface area contributed by atoms with Gasteiger partial charge in [0.2, 0.25) is 11.6 Å². The van der Waals surface area contributed by atoms with Crippen molar-refractivity contribution in [2.75, 3.05) is 27.2 Å². The molecule has 0 spiro atoms. The van der Waals surface area contributed by atoms with Gasteiger partial charge in [-0.1, -0.05) is 0 Å². The first-order valence-electron chi connectivity index (χ1n) is 5.46. The lowest BCUT2D eigenvalue weighted by atomic mass is 9.97. The molecule has 0 aromatic rings. The van der Waals surface area contributed by atoms with E-state index < -0.39 is 5.78 Å². The maximum Gasteiger partial charge on any atom is 0.230 e. The number of rotatable bonds is 0. The molecule has 0 amide bonds. The Kier molecular flexibility index (Phi) is 2.58. The summed E-state index contributed by atoms with van der Waals surface area (Å²) in [6, 6.07) is 0. The lowest BCUT2D eigenvalue weighted by Gasteiger charge is -2.29. The predicted octanol–water partition coefficient (Wildman–Crippen LogP) is 0.563. The highest BCUT2D eigenvalue weighted by Crippen LogP contribution is 2.28. The summed E-state index contributed by atoms with van der Waals surface area (Å²) in [7, 11) is 3.93. The van der Waals surface area contributed by atoms with Gasteiger partial charge in [-0.15, -0.1) is 0 Å². The number of allylic oxidation sites excluding steroid dienone is 2. The first-order valence-corrected chi connectivity index (χ1v) is 5.46. The van der Waals surface area contributed by atoms with Crippen LogP contribution in [0.15, 0.2) is 23.0 Å². The molecule has 1 heterocycles. The Labute approximate surface area is 95.2 Å². The van der Waals surface area contributed by atoms with E-state index in [-0.39, 0.29) is 5.78 Å². The molecule has 0 atom stereocenters. The lowest BCUT2D eigenvalue weighted by Crippen LogP contribution is -2.31. The molecule has 1 aliphatic carbocycles. The molecule has 0 unspecified atom stereocenters. The molecule has 2 rings (SSSR count). The van der Waals surface area contributed by atoms with Gasteiger partial charge in [0.1, 0.15) is 0 Å². The molecular weight excluding hydrogens is 204 g/mol. The van der Waals surface area contributed by atoms with Gasteiger partial charge in [-0.2, -0.15) is 0 Å². The normalized spacial score (nSPS) is 22.1. The van der Waals surface area contributed by atoms with E-state index in [2.05, 4.69) is 4.90 Å². The first-order chi connectivity index (χ1) is 7.52. The van der Waals surface area contributed by atoms with Crippen LogP contribution in [0.25, 0.3) is 0 Å². The fourth-order valence-corrected chi connectivity index (χ4v) is 2.29. The van der Waals surface area contributed by atoms with Crippen molar-refractivity contribution in [2.24, 2.45) is 0 Å². The number of nitrogens with zero attached hydrogens (tertiary/aromatic N) is 2. The Bertz CT molecular complexity index is 421. The standard InChI is InChI=1S/C12H16N2O2/c1-8-11-9(7-10(15)12(8)16)13(2)5-4-6-14(11)3/h7H,4-6H2,1-3H3. The minimum atomic E-state index is -0.404. The molecule has 1 aliphatic heterocycles. The lowest BCUT2D eigenvalue weighted by molar-refractivity contribution is -0.131. The molecule has 4 nitrogen and oxygen atoms in total. The van der Waals surface area contributed by atoms with E-state index in [0.717, 1.165) is 30.9 Å². The minimum absolute atomic E-state index is 0.374. The van der Waals surface area contributed by atoms with Gasteiger partial charge < -0.3 is 9.80 Å². The Morgan fingerprint density at radius 1 is 1.12 bits per heavy atom. The zero-order chi connectivity index (χ0) is 11.9. The van der Waals surface area contributed by atoms with Gasteiger partial charge in [-0.3, -0.25) is 9.59 Å². The Balaban J connectivity index is 2.55. The molecule has 1 fully saturated rings. The molecule has 0 saturated carbocycles. The molecule has 86 valence electrons. The number of carbonyl (C=O) groups excluding carboxylic acids is 2. The Morgan fingerprint density at radius 3 is 2.44 bits per heavy atom. The Morgan fingerprint density at radius 2 is 1.75 bits per heavy atom. The second-order valence-corrected chi connectivity index (χ2v) is 4.39. The smallest absolute Gasteiger partial charge is 0.230 e. The predicted molar refractivity (Wildman–Crippen MR) is 60.7 cm³/mol. The highest BCUT2D eigenvalue weighted by atomic mass is 16.2. The van der Waals surface area contributed by atoms with E-state index in [0.29, 0.717) is 5.57 Å². The molecule has 1 saturated heterocycles. The summed E-state index contributed by atoms with van der Waals surface area (Å²) in [6.07, 6.45) is 2.50. The molecule has 4 heteroatoms. The number of carbonyl (C=O) groups is 2. The van der Waals surface area contributed by atoms with Crippen LogP contribution in [0.3, 0.4) is 0 Å². The summed E-state index contributed by atoms with van der Waals surface area (Å²) in [4.78, 5) is 27.3. The number of Topliss-reactive ketones (excluding diaryl/α,β-unsaturated/α-hetero) is 1. The van der Waals surface area contributed by atoms with Gasteiger partial charge in [0.05, 0.1) is 11.4 Å². The molecular formula is C12H16N2O2. The third kappa shape index (κ3) is 1.54. The van der Waals surface area contributed by atoms with Gasteiger partial charge in [-0.25, -0.2) is 0 Å². The van der Waals surface area contributed by atoms with Crippen LogP contribution in [0.5, 0.6) is 0 Å². The third-order valence-electron chi connectivity index (χ3n) is 3.21. The minimum Gasteiger partial charge on any atom is -0.373 e. The summed E-state index contributed by atoms with van der Waals surface area (Å²) in [5.41, 5.74) is 2.35. The van der Waals surface area contributed by atoms with Gasteiger partial charge in [0, 0.05) is 38.8 Å².